The predicted octanol–water partition coefficient (Wildman–Crippen LogP) is 3.97. The Morgan fingerprint density at radius 2 is 2.00 bits per heavy atom. The topological polar surface area (TPSA) is 59.3 Å². The van der Waals surface area contributed by atoms with Crippen LogP contribution in [0.15, 0.2) is 42.7 Å². The van der Waals surface area contributed by atoms with E-state index in [0.29, 0.717) is 22.8 Å². The maximum absolute atomic E-state index is 12.4. The first kappa shape index (κ1) is 16.5. The molecule has 24 heavy (non-hydrogen) atoms. The van der Waals surface area contributed by atoms with Crippen LogP contribution in [0.25, 0.3) is 16.9 Å². The minimum Gasteiger partial charge on any atom is -0.352 e. The number of aromatic nitrogens is 3. The SMILES string of the molecule is CCCCCNC(=O)c1cnn2c(-c3ccc(Cl)cc3)ccnc12. The lowest BCUT2D eigenvalue weighted by molar-refractivity contribution is 0.0954. The molecular formula is C18H19ClN4O. The smallest absolute Gasteiger partial charge is 0.256 e. The molecule has 0 radical (unpaired) electrons. The molecule has 0 unspecified atom stereocenters. The molecule has 1 amide bonds. The van der Waals surface area contributed by atoms with Gasteiger partial charge in [0.2, 0.25) is 0 Å². The second-order valence-electron chi connectivity index (χ2n) is 5.59. The lowest BCUT2D eigenvalue weighted by Crippen LogP contribution is -2.24. The van der Waals surface area contributed by atoms with Gasteiger partial charge in [-0.15, -0.1) is 0 Å². The number of hydrogen-bond acceptors (Lipinski definition) is 3. The quantitative estimate of drug-likeness (QED) is 0.689. The van der Waals surface area contributed by atoms with Gasteiger partial charge in [0.05, 0.1) is 11.9 Å². The number of unbranched alkanes of at least 4 members (excludes halogenated alkanes) is 2. The summed E-state index contributed by atoms with van der Waals surface area (Å²) in [7, 11) is 0. The molecule has 0 bridgehead atoms. The number of carbonyl (C=O) groups excluding carboxylic acids is 1. The van der Waals surface area contributed by atoms with Gasteiger partial charge in [-0.05, 0) is 24.6 Å². The van der Waals surface area contributed by atoms with E-state index in [1.54, 1.807) is 16.9 Å². The van der Waals surface area contributed by atoms with Crippen molar-refractivity contribution in [3.05, 3.63) is 53.3 Å². The molecule has 1 aromatic carbocycles. The van der Waals surface area contributed by atoms with E-state index in [-0.39, 0.29) is 5.91 Å². The van der Waals surface area contributed by atoms with Crippen molar-refractivity contribution in [3.8, 4) is 11.3 Å². The van der Waals surface area contributed by atoms with Crippen molar-refractivity contribution in [2.24, 2.45) is 0 Å². The zero-order chi connectivity index (χ0) is 16.9. The van der Waals surface area contributed by atoms with E-state index < -0.39 is 0 Å². The van der Waals surface area contributed by atoms with Gasteiger partial charge < -0.3 is 5.32 Å². The number of carbonyl (C=O) groups is 1. The molecule has 1 N–H and O–H groups in total. The molecule has 0 saturated carbocycles. The number of nitrogens with zero attached hydrogens (tertiary/aromatic N) is 3. The summed E-state index contributed by atoms with van der Waals surface area (Å²) in [5.41, 5.74) is 2.87. The molecule has 0 saturated heterocycles. The van der Waals surface area contributed by atoms with Crippen LogP contribution in [0.4, 0.5) is 0 Å². The molecule has 2 heterocycles. The lowest BCUT2D eigenvalue weighted by atomic mass is 10.1. The van der Waals surface area contributed by atoms with Crippen molar-refractivity contribution >= 4 is 23.2 Å². The third-order valence-corrected chi connectivity index (χ3v) is 4.10. The largest absolute Gasteiger partial charge is 0.352 e. The summed E-state index contributed by atoms with van der Waals surface area (Å²) in [5, 5.41) is 7.95. The highest BCUT2D eigenvalue weighted by molar-refractivity contribution is 6.30. The predicted molar refractivity (Wildman–Crippen MR) is 95.3 cm³/mol. The highest BCUT2D eigenvalue weighted by Gasteiger charge is 2.15. The molecular weight excluding hydrogens is 324 g/mol. The first-order valence-electron chi connectivity index (χ1n) is 8.07. The fourth-order valence-corrected chi connectivity index (χ4v) is 2.69. The van der Waals surface area contributed by atoms with E-state index in [9.17, 15) is 4.79 Å². The van der Waals surface area contributed by atoms with E-state index in [2.05, 4.69) is 22.3 Å². The minimum atomic E-state index is -0.137. The van der Waals surface area contributed by atoms with Crippen LogP contribution in [0.2, 0.25) is 5.02 Å². The van der Waals surface area contributed by atoms with Gasteiger partial charge in [0.1, 0.15) is 5.56 Å². The van der Waals surface area contributed by atoms with Crippen LogP contribution in [0, 0.1) is 0 Å². The number of hydrogen-bond donors (Lipinski definition) is 1. The highest BCUT2D eigenvalue weighted by Crippen LogP contribution is 2.22. The van der Waals surface area contributed by atoms with Crippen molar-refractivity contribution < 1.29 is 4.79 Å². The Balaban J connectivity index is 1.89. The van der Waals surface area contributed by atoms with Gasteiger partial charge in [0.15, 0.2) is 5.65 Å². The Kier molecular flexibility index (Phi) is 5.11. The molecule has 3 aromatic rings. The van der Waals surface area contributed by atoms with E-state index in [1.165, 1.54) is 0 Å². The van der Waals surface area contributed by atoms with Crippen molar-refractivity contribution in [3.63, 3.8) is 0 Å². The Hall–Kier alpha value is -2.40. The van der Waals surface area contributed by atoms with Gasteiger partial charge in [-0.3, -0.25) is 4.79 Å². The Labute approximate surface area is 145 Å². The maximum atomic E-state index is 12.4. The van der Waals surface area contributed by atoms with Gasteiger partial charge in [-0.2, -0.15) is 5.10 Å². The maximum Gasteiger partial charge on any atom is 0.256 e. The monoisotopic (exact) mass is 342 g/mol. The molecule has 5 nitrogen and oxygen atoms in total. The fraction of sp³-hybridized carbons (Fsp3) is 0.278. The third kappa shape index (κ3) is 3.41. The number of fused-ring (bicyclic) bond motifs is 1. The number of halogens is 1. The molecule has 0 aliphatic carbocycles. The number of amides is 1. The van der Waals surface area contributed by atoms with Crippen LogP contribution in [0.3, 0.4) is 0 Å². The minimum absolute atomic E-state index is 0.137. The first-order chi connectivity index (χ1) is 11.7. The zero-order valence-electron chi connectivity index (χ0n) is 13.5. The Bertz CT molecular complexity index is 842. The van der Waals surface area contributed by atoms with Crippen LogP contribution >= 0.6 is 11.6 Å². The summed E-state index contributed by atoms with van der Waals surface area (Å²) < 4.78 is 1.68. The summed E-state index contributed by atoms with van der Waals surface area (Å²) in [6.45, 7) is 2.80. The molecule has 124 valence electrons. The number of rotatable bonds is 6. The lowest BCUT2D eigenvalue weighted by Gasteiger charge is -2.06. The zero-order valence-corrected chi connectivity index (χ0v) is 14.3. The van der Waals surface area contributed by atoms with Gasteiger partial charge >= 0.3 is 0 Å². The number of nitrogens with one attached hydrogen (secondary N) is 1. The van der Waals surface area contributed by atoms with E-state index in [4.69, 9.17) is 11.6 Å². The molecule has 0 aliphatic rings. The molecule has 0 fully saturated rings. The van der Waals surface area contributed by atoms with Crippen molar-refractivity contribution in [1.82, 2.24) is 19.9 Å². The Morgan fingerprint density at radius 1 is 1.21 bits per heavy atom. The van der Waals surface area contributed by atoms with Gasteiger partial charge in [-0.25, -0.2) is 9.50 Å². The summed E-state index contributed by atoms with van der Waals surface area (Å²) in [6.07, 6.45) is 6.46. The molecule has 3 rings (SSSR count). The summed E-state index contributed by atoms with van der Waals surface area (Å²) in [5.74, 6) is -0.137. The fourth-order valence-electron chi connectivity index (χ4n) is 2.56. The standard InChI is InChI=1S/C18H19ClN4O/c1-2-3-4-10-21-18(24)15-12-22-23-16(9-11-20-17(15)23)13-5-7-14(19)8-6-13/h5-9,11-12H,2-4,10H2,1H3,(H,21,24). The van der Waals surface area contributed by atoms with Crippen molar-refractivity contribution in [2.75, 3.05) is 6.54 Å². The van der Waals surface area contributed by atoms with Gasteiger partial charge in [0.25, 0.3) is 5.91 Å². The summed E-state index contributed by atoms with van der Waals surface area (Å²) >= 11 is 5.95. The number of benzene rings is 1. The van der Waals surface area contributed by atoms with Crippen molar-refractivity contribution in [2.45, 2.75) is 26.2 Å². The highest BCUT2D eigenvalue weighted by atomic mass is 35.5. The second-order valence-corrected chi connectivity index (χ2v) is 6.03. The first-order valence-corrected chi connectivity index (χ1v) is 8.45. The molecule has 0 spiro atoms. The van der Waals surface area contributed by atoms with Crippen LogP contribution in [-0.2, 0) is 0 Å². The van der Waals surface area contributed by atoms with Crippen LogP contribution in [-0.4, -0.2) is 27.0 Å². The summed E-state index contributed by atoms with van der Waals surface area (Å²) in [6, 6.07) is 9.36. The molecule has 0 aliphatic heterocycles. The van der Waals surface area contributed by atoms with Crippen molar-refractivity contribution in [1.29, 1.82) is 0 Å². The van der Waals surface area contributed by atoms with Gasteiger partial charge in [0, 0.05) is 23.3 Å². The average Bonchev–Trinajstić information content (AvgIpc) is 3.03. The van der Waals surface area contributed by atoms with E-state index in [0.717, 1.165) is 30.5 Å². The Morgan fingerprint density at radius 3 is 2.75 bits per heavy atom. The molecule has 0 atom stereocenters. The molecule has 2 aromatic heterocycles. The normalized spacial score (nSPS) is 10.9. The third-order valence-electron chi connectivity index (χ3n) is 3.85. The second kappa shape index (κ2) is 7.45. The average molecular weight is 343 g/mol. The van der Waals surface area contributed by atoms with Crippen LogP contribution in [0.5, 0.6) is 0 Å². The molecule has 6 heteroatoms. The van der Waals surface area contributed by atoms with Crippen LogP contribution < -0.4 is 5.32 Å². The van der Waals surface area contributed by atoms with Crippen LogP contribution in [0.1, 0.15) is 36.5 Å². The van der Waals surface area contributed by atoms with Gasteiger partial charge in [-0.1, -0.05) is 43.5 Å². The van der Waals surface area contributed by atoms with E-state index >= 15 is 0 Å². The van der Waals surface area contributed by atoms with E-state index in [1.807, 2.05) is 30.3 Å². The summed E-state index contributed by atoms with van der Waals surface area (Å²) in [4.78, 5) is 16.7.